The van der Waals surface area contributed by atoms with Crippen molar-refractivity contribution in [1.29, 1.82) is 0 Å². The summed E-state index contributed by atoms with van der Waals surface area (Å²) in [7, 11) is -3.71. The summed E-state index contributed by atoms with van der Waals surface area (Å²) in [6, 6.07) is 17.4. The van der Waals surface area contributed by atoms with Crippen molar-refractivity contribution in [2.75, 3.05) is 6.61 Å². The lowest BCUT2D eigenvalue weighted by molar-refractivity contribution is 0.243. The number of hydrogen-bond acceptors (Lipinski definition) is 3. The average molecular weight is 370 g/mol. The molecule has 1 atom stereocenters. The number of rotatable bonds is 6. The van der Waals surface area contributed by atoms with Crippen LogP contribution in [0.1, 0.15) is 5.56 Å². The normalized spacial score (nSPS) is 14.6. The van der Waals surface area contributed by atoms with E-state index in [2.05, 4.69) is 20.7 Å². The minimum Gasteiger partial charge on any atom is -0.393 e. The van der Waals surface area contributed by atoms with Crippen molar-refractivity contribution in [2.24, 2.45) is 0 Å². The molecule has 0 saturated carbocycles. The third kappa shape index (κ3) is 4.38. The molecule has 2 N–H and O–H groups in total. The molecule has 0 unspecified atom stereocenters. The van der Waals surface area contributed by atoms with Crippen molar-refractivity contribution < 1.29 is 13.5 Å². The SMILES string of the molecule is O=S(=O)(N[C@@](Br)(CO)Cc1ccccc1)c1ccccc1. The Kier molecular flexibility index (Phi) is 5.16. The van der Waals surface area contributed by atoms with Crippen LogP contribution in [0.4, 0.5) is 0 Å². The Hall–Kier alpha value is -1.21. The van der Waals surface area contributed by atoms with Crippen LogP contribution in [0, 0.1) is 0 Å². The summed E-state index contributed by atoms with van der Waals surface area (Å²) in [6.45, 7) is -0.367. The van der Waals surface area contributed by atoms with Crippen LogP contribution >= 0.6 is 15.9 Å². The summed E-state index contributed by atoms with van der Waals surface area (Å²) in [6.07, 6.45) is 0.330. The Morgan fingerprint density at radius 1 is 1.00 bits per heavy atom. The molecule has 0 aromatic heterocycles. The van der Waals surface area contributed by atoms with Gasteiger partial charge < -0.3 is 5.11 Å². The van der Waals surface area contributed by atoms with Crippen LogP contribution in [0.3, 0.4) is 0 Å². The standard InChI is InChI=1S/C15H16BrNO3S/c16-15(12-18,11-13-7-3-1-4-8-13)17-21(19,20)14-9-5-2-6-10-14/h1-10,17-18H,11-12H2/t15-/m1/s1. The lowest BCUT2D eigenvalue weighted by atomic mass is 10.1. The maximum atomic E-state index is 12.3. The Balaban J connectivity index is 2.22. The highest BCUT2D eigenvalue weighted by Crippen LogP contribution is 2.23. The van der Waals surface area contributed by atoms with Crippen LogP contribution in [0.25, 0.3) is 0 Å². The predicted octanol–water partition coefficient (Wildman–Crippen LogP) is 2.29. The number of benzene rings is 2. The minimum absolute atomic E-state index is 0.162. The van der Waals surface area contributed by atoms with Crippen LogP contribution < -0.4 is 4.72 Å². The topological polar surface area (TPSA) is 66.4 Å². The summed E-state index contributed by atoms with van der Waals surface area (Å²) < 4.78 is 26.1. The third-order valence-electron chi connectivity index (χ3n) is 2.95. The van der Waals surface area contributed by atoms with E-state index in [1.807, 2.05) is 30.3 Å². The molecule has 0 aliphatic heterocycles. The first-order valence-corrected chi connectivity index (χ1v) is 8.65. The van der Waals surface area contributed by atoms with E-state index in [1.54, 1.807) is 18.2 Å². The zero-order valence-corrected chi connectivity index (χ0v) is 13.6. The first-order valence-electron chi connectivity index (χ1n) is 6.38. The second kappa shape index (κ2) is 6.70. The van der Waals surface area contributed by atoms with E-state index in [-0.39, 0.29) is 11.5 Å². The highest BCUT2D eigenvalue weighted by atomic mass is 79.9. The monoisotopic (exact) mass is 369 g/mol. The first kappa shape index (κ1) is 16.2. The van der Waals surface area contributed by atoms with Crippen LogP contribution in [-0.2, 0) is 16.4 Å². The molecule has 0 heterocycles. The number of aliphatic hydroxyl groups is 1. The summed E-state index contributed by atoms with van der Waals surface area (Å²) in [5.41, 5.74) is 0.916. The van der Waals surface area contributed by atoms with E-state index in [0.29, 0.717) is 6.42 Å². The molecule has 4 nitrogen and oxygen atoms in total. The molecule has 0 fully saturated rings. The number of halogens is 1. The van der Waals surface area contributed by atoms with Gasteiger partial charge in [-0.15, -0.1) is 0 Å². The van der Waals surface area contributed by atoms with Crippen LogP contribution in [0.15, 0.2) is 65.6 Å². The van der Waals surface area contributed by atoms with Gasteiger partial charge in [0.1, 0.15) is 4.45 Å². The summed E-state index contributed by atoms with van der Waals surface area (Å²) in [5.74, 6) is 0. The molecule has 112 valence electrons. The molecule has 21 heavy (non-hydrogen) atoms. The molecule has 2 aromatic carbocycles. The number of alkyl halides is 1. The van der Waals surface area contributed by atoms with Gasteiger partial charge in [-0.25, -0.2) is 8.42 Å². The van der Waals surface area contributed by atoms with Gasteiger partial charge in [-0.05, 0) is 17.7 Å². The molecule has 0 amide bonds. The van der Waals surface area contributed by atoms with Gasteiger partial charge in [-0.2, -0.15) is 4.72 Å². The second-order valence-electron chi connectivity index (χ2n) is 4.70. The number of nitrogens with one attached hydrogen (secondary N) is 1. The molecular formula is C15H16BrNO3S. The fourth-order valence-corrected chi connectivity index (χ4v) is 4.16. The molecule has 0 saturated heterocycles. The minimum atomic E-state index is -3.71. The van der Waals surface area contributed by atoms with Gasteiger partial charge in [0.05, 0.1) is 11.5 Å². The van der Waals surface area contributed by atoms with Gasteiger partial charge in [-0.1, -0.05) is 64.5 Å². The highest BCUT2D eigenvalue weighted by molar-refractivity contribution is 9.10. The van der Waals surface area contributed by atoms with Gasteiger partial charge in [0.25, 0.3) is 0 Å². The molecule has 2 aromatic rings. The van der Waals surface area contributed by atoms with Gasteiger partial charge in [-0.3, -0.25) is 0 Å². The molecule has 0 radical (unpaired) electrons. The average Bonchev–Trinajstić information content (AvgIpc) is 2.48. The van der Waals surface area contributed by atoms with E-state index < -0.39 is 14.5 Å². The van der Waals surface area contributed by atoms with Crippen molar-refractivity contribution in [2.45, 2.75) is 15.8 Å². The zero-order chi connectivity index (χ0) is 15.3. The number of hydrogen-bond donors (Lipinski definition) is 2. The predicted molar refractivity (Wildman–Crippen MR) is 85.7 cm³/mol. The Bertz CT molecular complexity index is 677. The van der Waals surface area contributed by atoms with Gasteiger partial charge in [0.15, 0.2) is 0 Å². The number of sulfonamides is 1. The van der Waals surface area contributed by atoms with E-state index in [0.717, 1.165) is 5.56 Å². The van der Waals surface area contributed by atoms with E-state index in [9.17, 15) is 13.5 Å². The quantitative estimate of drug-likeness (QED) is 0.606. The Labute approximate surface area is 133 Å². The molecular weight excluding hydrogens is 354 g/mol. The first-order chi connectivity index (χ1) is 9.95. The van der Waals surface area contributed by atoms with Gasteiger partial charge in [0, 0.05) is 6.42 Å². The van der Waals surface area contributed by atoms with Gasteiger partial charge >= 0.3 is 0 Å². The maximum absolute atomic E-state index is 12.3. The van der Waals surface area contributed by atoms with Gasteiger partial charge in [0.2, 0.25) is 10.0 Å². The van der Waals surface area contributed by atoms with E-state index >= 15 is 0 Å². The van der Waals surface area contributed by atoms with Crippen molar-refractivity contribution in [3.8, 4) is 0 Å². The van der Waals surface area contributed by atoms with Crippen LogP contribution in [0.2, 0.25) is 0 Å². The summed E-state index contributed by atoms with van der Waals surface area (Å²) in [5, 5.41) is 9.58. The molecule has 0 aliphatic rings. The third-order valence-corrected chi connectivity index (χ3v) is 5.49. The van der Waals surface area contributed by atoms with Crippen LogP contribution in [0.5, 0.6) is 0 Å². The maximum Gasteiger partial charge on any atom is 0.241 e. The Morgan fingerprint density at radius 2 is 1.52 bits per heavy atom. The summed E-state index contributed by atoms with van der Waals surface area (Å²) in [4.78, 5) is 0.162. The molecule has 2 rings (SSSR count). The van der Waals surface area contributed by atoms with Crippen molar-refractivity contribution in [3.05, 3.63) is 66.2 Å². The molecule has 6 heteroatoms. The molecule has 0 bridgehead atoms. The Morgan fingerprint density at radius 3 is 2.05 bits per heavy atom. The largest absolute Gasteiger partial charge is 0.393 e. The fraction of sp³-hybridized carbons (Fsp3) is 0.200. The molecule has 0 aliphatic carbocycles. The van der Waals surface area contributed by atoms with Crippen molar-refractivity contribution in [3.63, 3.8) is 0 Å². The smallest absolute Gasteiger partial charge is 0.241 e. The van der Waals surface area contributed by atoms with Crippen molar-refractivity contribution in [1.82, 2.24) is 4.72 Å². The van der Waals surface area contributed by atoms with Crippen molar-refractivity contribution >= 4 is 26.0 Å². The second-order valence-corrected chi connectivity index (χ2v) is 7.90. The van der Waals surface area contributed by atoms with Crippen LogP contribution in [-0.4, -0.2) is 24.6 Å². The van der Waals surface area contributed by atoms with E-state index in [4.69, 9.17) is 0 Å². The lowest BCUT2D eigenvalue weighted by Crippen LogP contribution is -2.47. The lowest BCUT2D eigenvalue weighted by Gasteiger charge is -2.26. The molecule has 0 spiro atoms. The zero-order valence-electron chi connectivity index (χ0n) is 11.2. The highest BCUT2D eigenvalue weighted by Gasteiger charge is 2.32. The number of aliphatic hydroxyl groups excluding tert-OH is 1. The fourth-order valence-electron chi connectivity index (χ4n) is 1.94. The summed E-state index contributed by atoms with van der Waals surface area (Å²) >= 11 is 3.31. The van der Waals surface area contributed by atoms with E-state index in [1.165, 1.54) is 12.1 Å².